The monoisotopic (exact) mass is 449 g/mol. The zero-order chi connectivity index (χ0) is 23.2. The van der Waals surface area contributed by atoms with Crippen LogP contribution < -0.4 is 19.5 Å². The first kappa shape index (κ1) is 21.7. The van der Waals surface area contributed by atoms with Crippen LogP contribution in [-0.2, 0) is 28.6 Å². The second kappa shape index (κ2) is 8.21. The number of carbonyl (C=O) groups is 4. The van der Waals surface area contributed by atoms with E-state index in [1.807, 2.05) is 0 Å². The van der Waals surface area contributed by atoms with Gasteiger partial charge >= 0.3 is 17.9 Å². The molecule has 1 aliphatic carbocycles. The van der Waals surface area contributed by atoms with Gasteiger partial charge in [0, 0.05) is 26.7 Å². The van der Waals surface area contributed by atoms with Crippen LogP contribution in [0.3, 0.4) is 0 Å². The number of methoxy groups -OCH3 is 1. The molecule has 11 heteroatoms. The van der Waals surface area contributed by atoms with Gasteiger partial charge in [-0.25, -0.2) is 0 Å². The predicted molar refractivity (Wildman–Crippen MR) is 104 cm³/mol. The van der Waals surface area contributed by atoms with Crippen LogP contribution in [0.4, 0.5) is 0 Å². The Bertz CT molecular complexity index is 989. The fourth-order valence-corrected chi connectivity index (χ4v) is 4.63. The summed E-state index contributed by atoms with van der Waals surface area (Å²) in [6, 6.07) is 0.918. The minimum absolute atomic E-state index is 0.0653. The molecule has 4 rings (SSSR count). The average Bonchev–Trinajstić information content (AvgIpc) is 3.19. The summed E-state index contributed by atoms with van der Waals surface area (Å²) >= 11 is 0. The van der Waals surface area contributed by atoms with Crippen molar-refractivity contribution in [3.8, 4) is 17.2 Å². The van der Waals surface area contributed by atoms with E-state index in [1.54, 1.807) is 6.07 Å². The van der Waals surface area contributed by atoms with E-state index in [2.05, 4.69) is 5.32 Å². The minimum Gasteiger partial charge on any atom is -0.493 e. The van der Waals surface area contributed by atoms with Gasteiger partial charge in [-0.1, -0.05) is 0 Å². The van der Waals surface area contributed by atoms with Gasteiger partial charge in [-0.3, -0.25) is 19.2 Å². The first-order valence-electron chi connectivity index (χ1n) is 10.0. The van der Waals surface area contributed by atoms with E-state index in [1.165, 1.54) is 27.9 Å². The van der Waals surface area contributed by atoms with Crippen molar-refractivity contribution in [3.05, 3.63) is 17.2 Å². The topological polar surface area (TPSA) is 136 Å². The summed E-state index contributed by atoms with van der Waals surface area (Å²) in [6.07, 6.45) is -2.91. The highest BCUT2D eigenvalue weighted by atomic mass is 16.7. The van der Waals surface area contributed by atoms with Crippen molar-refractivity contribution >= 4 is 23.8 Å². The Hall–Kier alpha value is -3.50. The molecule has 3 aliphatic rings. The van der Waals surface area contributed by atoms with Gasteiger partial charge in [0.15, 0.2) is 23.7 Å². The minimum atomic E-state index is -1.10. The highest BCUT2D eigenvalue weighted by molar-refractivity contribution is 6.02. The van der Waals surface area contributed by atoms with Crippen LogP contribution in [0, 0.1) is 0 Å². The summed E-state index contributed by atoms with van der Waals surface area (Å²) in [5.41, 5.74) is 0.837. The number of hydrogen-bond donors (Lipinski definition) is 1. The van der Waals surface area contributed by atoms with Crippen LogP contribution in [0.25, 0.3) is 0 Å². The molecule has 1 aromatic carbocycles. The second-order valence-corrected chi connectivity index (χ2v) is 7.75. The van der Waals surface area contributed by atoms with E-state index >= 15 is 0 Å². The van der Waals surface area contributed by atoms with Crippen molar-refractivity contribution in [2.75, 3.05) is 13.9 Å². The molecule has 0 spiro atoms. The predicted octanol–water partition coefficient (Wildman–Crippen LogP) is 0.818. The molecule has 0 aromatic heterocycles. The van der Waals surface area contributed by atoms with Crippen molar-refractivity contribution < 1.29 is 47.6 Å². The third-order valence-corrected chi connectivity index (χ3v) is 5.67. The third kappa shape index (κ3) is 3.67. The van der Waals surface area contributed by atoms with E-state index in [0.717, 1.165) is 0 Å². The molecule has 1 N–H and O–H groups in total. The molecular weight excluding hydrogens is 426 g/mol. The maximum atomic E-state index is 13.1. The van der Waals surface area contributed by atoms with Gasteiger partial charge in [0.25, 0.3) is 5.91 Å². The van der Waals surface area contributed by atoms with Gasteiger partial charge in [-0.15, -0.1) is 0 Å². The molecule has 0 unspecified atom stereocenters. The van der Waals surface area contributed by atoms with E-state index in [9.17, 15) is 19.2 Å². The lowest BCUT2D eigenvalue weighted by molar-refractivity contribution is -0.194. The fraction of sp³-hybridized carbons (Fsp3) is 0.524. The Kier molecular flexibility index (Phi) is 5.57. The maximum absolute atomic E-state index is 13.1. The zero-order valence-corrected chi connectivity index (χ0v) is 18.0. The Balaban J connectivity index is 1.84. The summed E-state index contributed by atoms with van der Waals surface area (Å²) in [6.45, 7) is 3.57. The molecule has 11 nitrogen and oxygen atoms in total. The first-order valence-corrected chi connectivity index (χ1v) is 10.0. The lowest BCUT2D eigenvalue weighted by atomic mass is 9.71. The molecule has 1 aromatic rings. The molecule has 0 saturated heterocycles. The van der Waals surface area contributed by atoms with Gasteiger partial charge in [-0.05, 0) is 18.1 Å². The zero-order valence-electron chi connectivity index (χ0n) is 18.0. The Morgan fingerprint density at radius 3 is 2.22 bits per heavy atom. The van der Waals surface area contributed by atoms with Crippen LogP contribution in [0.5, 0.6) is 17.2 Å². The molecular formula is C21H23NO10. The average molecular weight is 449 g/mol. The van der Waals surface area contributed by atoms with Crippen LogP contribution in [0.2, 0.25) is 0 Å². The standard InChI is InChI=1S/C21H23NO10/c1-8(23)30-14-6-12-11-5-13(27-4)17-19(29-7-28-17)15(11)21(26)22-16(12)20(32-10(3)25)18(14)31-9(2)24/h5,12,14,16,18,20H,6-7H2,1-4H3,(H,22,26)/t12-,14+,16-,18-,20+/m1/s1. The number of amides is 1. The molecule has 2 aliphatic heterocycles. The van der Waals surface area contributed by atoms with Crippen LogP contribution in [0.15, 0.2) is 6.07 Å². The summed E-state index contributed by atoms with van der Waals surface area (Å²) in [5.74, 6) is -1.85. The van der Waals surface area contributed by atoms with Crippen molar-refractivity contribution in [2.45, 2.75) is 57.5 Å². The van der Waals surface area contributed by atoms with Gasteiger partial charge < -0.3 is 33.7 Å². The molecule has 0 bridgehead atoms. The van der Waals surface area contributed by atoms with Gasteiger partial charge in [0.1, 0.15) is 6.10 Å². The molecule has 0 radical (unpaired) electrons. The molecule has 1 saturated carbocycles. The summed E-state index contributed by atoms with van der Waals surface area (Å²) in [7, 11) is 1.46. The van der Waals surface area contributed by atoms with Gasteiger partial charge in [0.05, 0.1) is 18.7 Å². The number of esters is 3. The second-order valence-electron chi connectivity index (χ2n) is 7.75. The van der Waals surface area contributed by atoms with Crippen LogP contribution in [-0.4, -0.2) is 62.1 Å². The number of carbonyl (C=O) groups excluding carboxylic acids is 4. The largest absolute Gasteiger partial charge is 0.493 e. The van der Waals surface area contributed by atoms with Gasteiger partial charge in [-0.2, -0.15) is 0 Å². The normalized spacial score (nSPS) is 27.4. The number of rotatable bonds is 4. The lowest BCUT2D eigenvalue weighted by Crippen LogP contribution is -2.63. The van der Waals surface area contributed by atoms with Crippen molar-refractivity contribution in [3.63, 3.8) is 0 Å². The van der Waals surface area contributed by atoms with Crippen molar-refractivity contribution in [2.24, 2.45) is 0 Å². The molecule has 1 amide bonds. The van der Waals surface area contributed by atoms with Crippen LogP contribution in [0.1, 0.15) is 49.0 Å². The Morgan fingerprint density at radius 1 is 0.969 bits per heavy atom. The van der Waals surface area contributed by atoms with E-state index in [4.69, 9.17) is 28.4 Å². The number of hydrogen-bond acceptors (Lipinski definition) is 10. The summed E-state index contributed by atoms with van der Waals surface area (Å²) < 4.78 is 32.8. The summed E-state index contributed by atoms with van der Waals surface area (Å²) in [5, 5.41) is 2.85. The third-order valence-electron chi connectivity index (χ3n) is 5.67. The van der Waals surface area contributed by atoms with Crippen LogP contribution >= 0.6 is 0 Å². The molecule has 2 heterocycles. The van der Waals surface area contributed by atoms with E-state index < -0.39 is 54.1 Å². The molecule has 32 heavy (non-hydrogen) atoms. The highest BCUT2D eigenvalue weighted by Crippen LogP contribution is 2.51. The molecule has 172 valence electrons. The number of nitrogens with one attached hydrogen (secondary N) is 1. The maximum Gasteiger partial charge on any atom is 0.303 e. The number of ether oxygens (including phenoxy) is 6. The van der Waals surface area contributed by atoms with Crippen molar-refractivity contribution in [1.29, 1.82) is 0 Å². The number of fused-ring (bicyclic) bond motifs is 5. The SMILES string of the molecule is COc1cc2c(c3c1OCO3)C(=O)N[C@H]1[C@H](OC(C)=O)[C@H](OC(C)=O)[C@@H](OC(C)=O)C[C@H]21. The quantitative estimate of drug-likeness (QED) is 0.520. The van der Waals surface area contributed by atoms with E-state index in [0.29, 0.717) is 17.1 Å². The Morgan fingerprint density at radius 2 is 1.59 bits per heavy atom. The fourth-order valence-electron chi connectivity index (χ4n) is 4.63. The Labute approximate surface area is 183 Å². The number of benzene rings is 1. The molecule has 1 fully saturated rings. The smallest absolute Gasteiger partial charge is 0.303 e. The van der Waals surface area contributed by atoms with Crippen molar-refractivity contribution in [1.82, 2.24) is 5.32 Å². The van der Waals surface area contributed by atoms with E-state index in [-0.39, 0.29) is 24.5 Å². The van der Waals surface area contributed by atoms with Gasteiger partial charge in [0.2, 0.25) is 12.5 Å². The lowest BCUT2D eigenvalue weighted by Gasteiger charge is -2.47. The highest BCUT2D eigenvalue weighted by Gasteiger charge is 2.54. The summed E-state index contributed by atoms with van der Waals surface area (Å²) in [4.78, 5) is 48.5. The molecule has 5 atom stereocenters. The first-order chi connectivity index (χ1) is 15.2.